The number of hydrogen-bond acceptors (Lipinski definition) is 3. The molecule has 1 aromatic rings. The predicted molar refractivity (Wildman–Crippen MR) is 111 cm³/mol. The number of anilines is 2. The highest BCUT2D eigenvalue weighted by atomic mass is 16.2. The molecule has 1 aliphatic heterocycles. The van der Waals surface area contributed by atoms with E-state index < -0.39 is 0 Å². The van der Waals surface area contributed by atoms with Crippen molar-refractivity contribution in [2.24, 2.45) is 5.92 Å². The molecule has 2 N–H and O–H groups in total. The summed E-state index contributed by atoms with van der Waals surface area (Å²) >= 11 is 0. The molecular formula is C21H36N4O. The van der Waals surface area contributed by atoms with Gasteiger partial charge in [0, 0.05) is 44.1 Å². The highest BCUT2D eigenvalue weighted by Gasteiger charge is 2.15. The van der Waals surface area contributed by atoms with Crippen LogP contribution in [0.4, 0.5) is 16.2 Å². The molecule has 0 saturated carbocycles. The lowest BCUT2D eigenvalue weighted by Crippen LogP contribution is -2.44. The molecule has 2 rings (SSSR count). The van der Waals surface area contributed by atoms with Gasteiger partial charge in [-0.25, -0.2) is 4.79 Å². The number of likely N-dealkylation sites (N-methyl/N-ethyl adjacent to an activating group) is 1. The van der Waals surface area contributed by atoms with Gasteiger partial charge in [0.25, 0.3) is 0 Å². The van der Waals surface area contributed by atoms with Crippen LogP contribution in [0.1, 0.15) is 45.1 Å². The van der Waals surface area contributed by atoms with Gasteiger partial charge >= 0.3 is 6.03 Å². The Labute approximate surface area is 159 Å². The first-order valence-corrected chi connectivity index (χ1v) is 10.1. The second kappa shape index (κ2) is 10.4. The van der Waals surface area contributed by atoms with Crippen LogP contribution in [0.3, 0.4) is 0 Å². The van der Waals surface area contributed by atoms with Crippen LogP contribution in [0.15, 0.2) is 18.2 Å². The van der Waals surface area contributed by atoms with Gasteiger partial charge < -0.3 is 20.4 Å². The first kappa shape index (κ1) is 20.6. The number of piperazine rings is 1. The van der Waals surface area contributed by atoms with Crippen LogP contribution >= 0.6 is 0 Å². The van der Waals surface area contributed by atoms with Gasteiger partial charge in [-0.1, -0.05) is 33.1 Å². The molecule has 1 heterocycles. The Morgan fingerprint density at radius 3 is 2.54 bits per heavy atom. The van der Waals surface area contributed by atoms with E-state index in [0.717, 1.165) is 50.4 Å². The number of aryl methyl sites for hydroxylation is 1. The van der Waals surface area contributed by atoms with Crippen molar-refractivity contribution in [1.82, 2.24) is 10.2 Å². The van der Waals surface area contributed by atoms with Gasteiger partial charge in [-0.15, -0.1) is 0 Å². The van der Waals surface area contributed by atoms with Gasteiger partial charge in [-0.2, -0.15) is 0 Å². The maximum atomic E-state index is 12.2. The van der Waals surface area contributed by atoms with E-state index in [1.165, 1.54) is 24.9 Å². The topological polar surface area (TPSA) is 47.6 Å². The molecule has 0 aliphatic carbocycles. The van der Waals surface area contributed by atoms with Crippen molar-refractivity contribution in [1.29, 1.82) is 0 Å². The lowest BCUT2D eigenvalue weighted by Gasteiger charge is -2.34. The fourth-order valence-electron chi connectivity index (χ4n) is 3.40. The first-order chi connectivity index (χ1) is 12.5. The van der Waals surface area contributed by atoms with E-state index in [1.807, 2.05) is 6.07 Å². The van der Waals surface area contributed by atoms with Gasteiger partial charge in [-0.3, -0.25) is 0 Å². The first-order valence-electron chi connectivity index (χ1n) is 10.1. The summed E-state index contributed by atoms with van der Waals surface area (Å²) in [4.78, 5) is 17.0. The summed E-state index contributed by atoms with van der Waals surface area (Å²) in [5.41, 5.74) is 3.24. The van der Waals surface area contributed by atoms with Crippen LogP contribution in [0.25, 0.3) is 0 Å². The molecule has 1 saturated heterocycles. The lowest BCUT2D eigenvalue weighted by atomic mass is 9.99. The molecule has 0 unspecified atom stereocenters. The molecule has 0 spiro atoms. The summed E-state index contributed by atoms with van der Waals surface area (Å²) in [7, 11) is 2.17. The zero-order valence-corrected chi connectivity index (χ0v) is 17.0. The van der Waals surface area contributed by atoms with Crippen LogP contribution < -0.4 is 15.5 Å². The Balaban J connectivity index is 1.86. The maximum absolute atomic E-state index is 12.2. The van der Waals surface area contributed by atoms with Crippen molar-refractivity contribution in [2.75, 3.05) is 50.0 Å². The molecule has 26 heavy (non-hydrogen) atoms. The zero-order chi connectivity index (χ0) is 18.9. The molecule has 146 valence electrons. The zero-order valence-electron chi connectivity index (χ0n) is 17.0. The molecule has 1 atom stereocenters. The van der Waals surface area contributed by atoms with Gasteiger partial charge in [0.05, 0.1) is 0 Å². The van der Waals surface area contributed by atoms with Crippen molar-refractivity contribution in [3.8, 4) is 0 Å². The second-order valence-corrected chi connectivity index (χ2v) is 7.54. The number of amides is 2. The molecule has 0 aromatic heterocycles. The van der Waals surface area contributed by atoms with Gasteiger partial charge in [0.2, 0.25) is 0 Å². The quantitative estimate of drug-likeness (QED) is 0.734. The third kappa shape index (κ3) is 6.20. The van der Waals surface area contributed by atoms with Crippen molar-refractivity contribution in [3.05, 3.63) is 23.8 Å². The van der Waals surface area contributed by atoms with Gasteiger partial charge in [0.1, 0.15) is 0 Å². The van der Waals surface area contributed by atoms with E-state index >= 15 is 0 Å². The highest BCUT2D eigenvalue weighted by Crippen LogP contribution is 2.23. The van der Waals surface area contributed by atoms with Gasteiger partial charge in [-0.05, 0) is 50.1 Å². The standard InChI is InChI=1S/C21H36N4O/c1-5-7-8-18(6-2)16-22-21(26)23-20-10-9-19(15-17(20)3)25-13-11-24(4)12-14-25/h9-10,15,18H,5-8,11-14,16H2,1-4H3,(H2,22,23,26)/t18-/m1/s1. The number of nitrogens with zero attached hydrogens (tertiary/aromatic N) is 2. The Morgan fingerprint density at radius 1 is 1.19 bits per heavy atom. The SMILES string of the molecule is CCCC[C@@H](CC)CNC(=O)Nc1ccc(N2CCN(C)CC2)cc1C. The van der Waals surface area contributed by atoms with E-state index in [-0.39, 0.29) is 6.03 Å². The predicted octanol–water partition coefficient (Wildman–Crippen LogP) is 4.08. The summed E-state index contributed by atoms with van der Waals surface area (Å²) in [6, 6.07) is 6.22. The number of carbonyl (C=O) groups is 1. The molecule has 5 nitrogen and oxygen atoms in total. The van der Waals surface area contributed by atoms with Crippen molar-refractivity contribution >= 4 is 17.4 Å². The minimum atomic E-state index is -0.101. The summed E-state index contributed by atoms with van der Waals surface area (Å²) in [5, 5.41) is 6.04. The summed E-state index contributed by atoms with van der Waals surface area (Å²) in [6.07, 6.45) is 4.74. The van der Waals surface area contributed by atoms with E-state index in [1.54, 1.807) is 0 Å². The number of unbranched alkanes of at least 4 members (excludes halogenated alkanes) is 1. The monoisotopic (exact) mass is 360 g/mol. The third-order valence-electron chi connectivity index (χ3n) is 5.42. The molecule has 2 amide bonds. The summed E-state index contributed by atoms with van der Waals surface area (Å²) < 4.78 is 0. The van der Waals surface area contributed by atoms with Crippen LogP contribution in [-0.2, 0) is 0 Å². The third-order valence-corrected chi connectivity index (χ3v) is 5.42. The van der Waals surface area contributed by atoms with E-state index in [4.69, 9.17) is 0 Å². The molecule has 0 radical (unpaired) electrons. The van der Waals surface area contributed by atoms with Crippen LogP contribution in [0.5, 0.6) is 0 Å². The molecule has 1 aliphatic rings. The molecule has 5 heteroatoms. The molecule has 0 bridgehead atoms. The molecule has 1 aromatic carbocycles. The number of nitrogens with one attached hydrogen (secondary N) is 2. The van der Waals surface area contributed by atoms with Crippen LogP contribution in [0.2, 0.25) is 0 Å². The van der Waals surface area contributed by atoms with Gasteiger partial charge in [0.15, 0.2) is 0 Å². The van der Waals surface area contributed by atoms with Crippen molar-refractivity contribution in [3.63, 3.8) is 0 Å². The van der Waals surface area contributed by atoms with E-state index in [2.05, 4.69) is 60.4 Å². The lowest BCUT2D eigenvalue weighted by molar-refractivity contribution is 0.249. The average Bonchev–Trinajstić information content (AvgIpc) is 2.64. The van der Waals surface area contributed by atoms with Crippen molar-refractivity contribution in [2.45, 2.75) is 46.5 Å². The Morgan fingerprint density at radius 2 is 1.92 bits per heavy atom. The Bertz CT molecular complexity index is 567. The minimum absolute atomic E-state index is 0.101. The number of benzene rings is 1. The number of carbonyl (C=O) groups excluding carboxylic acids is 1. The van der Waals surface area contributed by atoms with Crippen LogP contribution in [-0.4, -0.2) is 50.7 Å². The molecule has 1 fully saturated rings. The number of hydrogen-bond donors (Lipinski definition) is 2. The van der Waals surface area contributed by atoms with E-state index in [9.17, 15) is 4.79 Å². The van der Waals surface area contributed by atoms with E-state index in [0.29, 0.717) is 5.92 Å². The Hall–Kier alpha value is -1.75. The van der Waals surface area contributed by atoms with Crippen LogP contribution in [0, 0.1) is 12.8 Å². The molecular weight excluding hydrogens is 324 g/mol. The maximum Gasteiger partial charge on any atom is 0.319 e. The summed E-state index contributed by atoms with van der Waals surface area (Å²) in [6.45, 7) is 11.5. The number of urea groups is 1. The fourth-order valence-corrected chi connectivity index (χ4v) is 3.40. The highest BCUT2D eigenvalue weighted by molar-refractivity contribution is 5.90. The summed E-state index contributed by atoms with van der Waals surface area (Å²) in [5.74, 6) is 0.571. The average molecular weight is 361 g/mol. The fraction of sp³-hybridized carbons (Fsp3) is 0.667. The normalized spacial score (nSPS) is 16.4. The van der Waals surface area contributed by atoms with Crippen molar-refractivity contribution < 1.29 is 4.79 Å². The minimum Gasteiger partial charge on any atom is -0.369 e. The second-order valence-electron chi connectivity index (χ2n) is 7.54. The largest absolute Gasteiger partial charge is 0.369 e. The number of rotatable bonds is 8. The Kier molecular flexibility index (Phi) is 8.23. The smallest absolute Gasteiger partial charge is 0.319 e.